The van der Waals surface area contributed by atoms with E-state index in [1.165, 1.54) is 6.07 Å². The van der Waals surface area contributed by atoms with Gasteiger partial charge in [0.25, 0.3) is 18.2 Å². The number of rotatable bonds is 6. The Balaban J connectivity index is 0.000000229. The van der Waals surface area contributed by atoms with E-state index in [2.05, 4.69) is 25.9 Å². The summed E-state index contributed by atoms with van der Waals surface area (Å²) in [6.07, 6.45) is -4.11. The van der Waals surface area contributed by atoms with Crippen LogP contribution in [0.3, 0.4) is 0 Å². The molecule has 51 heavy (non-hydrogen) atoms. The predicted octanol–water partition coefficient (Wildman–Crippen LogP) is 7.17. The second kappa shape index (κ2) is 15.8. The number of nitrogens with zero attached hydrogens (tertiary/aromatic N) is 3. The number of ether oxygens (including phenoxy) is 2. The molecule has 0 saturated carbocycles. The summed E-state index contributed by atoms with van der Waals surface area (Å²) in [4.78, 5) is 39.6. The lowest BCUT2D eigenvalue weighted by molar-refractivity contribution is 0.0492. The van der Waals surface area contributed by atoms with Crippen molar-refractivity contribution in [1.29, 1.82) is 0 Å². The number of oxime groups is 1. The van der Waals surface area contributed by atoms with Gasteiger partial charge in [-0.25, -0.2) is 27.2 Å². The number of hydrogen-bond acceptors (Lipinski definition) is 10. The Bertz CT molecular complexity index is 1770. The highest BCUT2D eigenvalue weighted by Crippen LogP contribution is 2.35. The fourth-order valence-corrected chi connectivity index (χ4v) is 5.46. The van der Waals surface area contributed by atoms with Gasteiger partial charge in [-0.3, -0.25) is 4.79 Å². The van der Waals surface area contributed by atoms with Gasteiger partial charge in [-0.2, -0.15) is 4.98 Å². The first-order valence-corrected chi connectivity index (χ1v) is 16.0. The van der Waals surface area contributed by atoms with Crippen LogP contribution in [0.2, 0.25) is 0 Å². The standard InChI is InChI=1S/C17H21F2N3O4.C17H19F2N3O3/c1-17(2,3)26-16(24)20-12-7-5-9-8-10(4-6-11(9)12)15(23)21-14(22-25)13(18)19;1-17(2,3)24-16(23)20-12-7-5-9-8-10(4-6-11(9)12)15-21-14(13(18)19)22-25-15/h4,6,8,12-13,25H,5,7H2,1-3H3,(H,20,24)(H,21,22,23);4,6,8,12-13H,5,7H2,1-3H3,(H,20,23)/t2*12-/m11/s1. The molecule has 5 rings (SSSR count). The van der Waals surface area contributed by atoms with Crippen LogP contribution in [0.1, 0.15) is 111 Å². The summed E-state index contributed by atoms with van der Waals surface area (Å²) < 4.78 is 65.6. The Morgan fingerprint density at radius 3 is 1.86 bits per heavy atom. The number of carbonyl (C=O) groups excluding carboxylic acids is 3. The lowest BCUT2D eigenvalue weighted by Crippen LogP contribution is -2.35. The molecular formula is C34H40F4N6O7. The van der Waals surface area contributed by atoms with Gasteiger partial charge in [0.15, 0.2) is 0 Å². The minimum atomic E-state index is -3.10. The predicted molar refractivity (Wildman–Crippen MR) is 175 cm³/mol. The third-order valence-electron chi connectivity index (χ3n) is 7.53. The van der Waals surface area contributed by atoms with Gasteiger partial charge in [-0.1, -0.05) is 22.4 Å². The molecule has 0 aliphatic heterocycles. The van der Waals surface area contributed by atoms with E-state index >= 15 is 0 Å². The Labute approximate surface area is 291 Å². The van der Waals surface area contributed by atoms with E-state index in [0.29, 0.717) is 18.4 Å². The number of aryl methyl sites for hydroxylation is 2. The van der Waals surface area contributed by atoms with Gasteiger partial charge < -0.3 is 35.2 Å². The first kappa shape index (κ1) is 38.6. The van der Waals surface area contributed by atoms with E-state index in [0.717, 1.165) is 35.1 Å². The zero-order chi connectivity index (χ0) is 37.7. The van der Waals surface area contributed by atoms with E-state index < -0.39 is 53.8 Å². The van der Waals surface area contributed by atoms with E-state index in [4.69, 9.17) is 19.2 Å². The molecule has 17 heteroatoms. The van der Waals surface area contributed by atoms with Crippen LogP contribution in [0, 0.1) is 0 Å². The number of benzene rings is 2. The Hall–Kier alpha value is -5.22. The zero-order valence-electron chi connectivity index (χ0n) is 28.9. The van der Waals surface area contributed by atoms with Gasteiger partial charge >= 0.3 is 18.6 Å². The summed E-state index contributed by atoms with van der Waals surface area (Å²) in [5.74, 6) is -2.48. The number of nitrogens with one attached hydrogen (secondary N) is 3. The monoisotopic (exact) mass is 720 g/mol. The van der Waals surface area contributed by atoms with Gasteiger partial charge in [0.1, 0.15) is 11.2 Å². The van der Waals surface area contributed by atoms with Crippen LogP contribution in [0.25, 0.3) is 11.5 Å². The molecule has 0 bridgehead atoms. The van der Waals surface area contributed by atoms with Crippen molar-refractivity contribution in [1.82, 2.24) is 26.1 Å². The van der Waals surface area contributed by atoms with Crippen molar-refractivity contribution in [2.45, 2.75) is 103 Å². The van der Waals surface area contributed by atoms with Crippen LogP contribution < -0.4 is 16.0 Å². The van der Waals surface area contributed by atoms with Gasteiger partial charge in [-0.15, -0.1) is 0 Å². The number of alkyl carbamates (subject to hydrolysis) is 2. The average Bonchev–Trinajstić information content (AvgIpc) is 3.77. The second-order valence-electron chi connectivity index (χ2n) is 13.8. The van der Waals surface area contributed by atoms with Crippen molar-refractivity contribution in [3.8, 4) is 11.5 Å². The highest BCUT2D eigenvalue weighted by atomic mass is 19.3. The minimum Gasteiger partial charge on any atom is -0.444 e. The number of carbonyl (C=O) groups is 3. The molecule has 0 radical (unpaired) electrons. The molecule has 13 nitrogen and oxygen atoms in total. The van der Waals surface area contributed by atoms with E-state index in [-0.39, 0.29) is 23.5 Å². The third-order valence-corrected chi connectivity index (χ3v) is 7.53. The quantitative estimate of drug-likeness (QED) is 0.0676. The van der Waals surface area contributed by atoms with Gasteiger partial charge in [0.05, 0.1) is 12.1 Å². The molecule has 2 aliphatic carbocycles. The number of halogens is 4. The van der Waals surface area contributed by atoms with Crippen LogP contribution in [0.5, 0.6) is 0 Å². The molecule has 2 atom stereocenters. The Morgan fingerprint density at radius 2 is 1.39 bits per heavy atom. The molecular weight excluding hydrogens is 680 g/mol. The lowest BCUT2D eigenvalue weighted by Gasteiger charge is -2.22. The first-order chi connectivity index (χ1) is 23.8. The summed E-state index contributed by atoms with van der Waals surface area (Å²) in [5.41, 5.74) is 3.23. The maximum absolute atomic E-state index is 12.6. The third kappa shape index (κ3) is 10.6. The van der Waals surface area contributed by atoms with Crippen molar-refractivity contribution in [2.24, 2.45) is 5.16 Å². The van der Waals surface area contributed by atoms with E-state index in [1.807, 2.05) is 17.4 Å². The van der Waals surface area contributed by atoms with Crippen molar-refractivity contribution in [2.75, 3.05) is 0 Å². The summed E-state index contributed by atoms with van der Waals surface area (Å²) in [7, 11) is 0. The summed E-state index contributed by atoms with van der Waals surface area (Å²) in [5, 5.41) is 21.6. The smallest absolute Gasteiger partial charge is 0.408 e. The first-order valence-electron chi connectivity index (χ1n) is 16.0. The van der Waals surface area contributed by atoms with Crippen molar-refractivity contribution < 1.29 is 51.1 Å². The van der Waals surface area contributed by atoms with Crippen molar-refractivity contribution >= 4 is 23.9 Å². The number of amides is 3. The average molecular weight is 721 g/mol. The number of hydrogen-bond donors (Lipinski definition) is 4. The summed E-state index contributed by atoms with van der Waals surface area (Å²) >= 11 is 0. The lowest BCUT2D eigenvalue weighted by atomic mass is 10.0. The van der Waals surface area contributed by atoms with Crippen LogP contribution in [-0.4, -0.2) is 56.9 Å². The number of amidine groups is 1. The highest BCUT2D eigenvalue weighted by molar-refractivity contribution is 6.07. The molecule has 276 valence electrons. The molecule has 2 aliphatic rings. The zero-order valence-corrected chi connectivity index (χ0v) is 28.9. The van der Waals surface area contributed by atoms with Gasteiger partial charge in [0, 0.05) is 11.1 Å². The SMILES string of the molecule is CC(C)(C)OC(=O)N[C@@H]1CCc2cc(-c3nc(C(F)F)no3)ccc21.CC(C)(C)OC(=O)N[C@@H]1CCc2cc(C(=O)N/C(=N\O)C(F)F)ccc21. The molecule has 0 unspecified atom stereocenters. The Morgan fingerprint density at radius 1 is 0.863 bits per heavy atom. The van der Waals surface area contributed by atoms with Crippen LogP contribution in [-0.2, 0) is 22.3 Å². The van der Waals surface area contributed by atoms with Gasteiger partial charge in [-0.05, 0) is 114 Å². The summed E-state index contributed by atoms with van der Waals surface area (Å²) in [6, 6.07) is 9.70. The number of aromatic nitrogens is 2. The van der Waals surface area contributed by atoms with Gasteiger partial charge in [0.2, 0.25) is 11.7 Å². The second-order valence-corrected chi connectivity index (χ2v) is 13.8. The molecule has 2 aromatic carbocycles. The minimum absolute atomic E-state index is 0.0571. The number of alkyl halides is 4. The topological polar surface area (TPSA) is 177 Å². The van der Waals surface area contributed by atoms with E-state index in [1.54, 1.807) is 59.7 Å². The maximum Gasteiger partial charge on any atom is 0.408 e. The fourth-order valence-electron chi connectivity index (χ4n) is 5.46. The van der Waals surface area contributed by atoms with Crippen LogP contribution in [0.4, 0.5) is 27.2 Å². The maximum atomic E-state index is 12.6. The molecule has 4 N–H and O–H groups in total. The Kier molecular flexibility index (Phi) is 11.9. The fraction of sp³-hybridized carbons (Fsp3) is 0.471. The highest BCUT2D eigenvalue weighted by Gasteiger charge is 2.29. The molecule has 0 spiro atoms. The molecule has 3 aromatic rings. The molecule has 3 amide bonds. The molecule has 0 fully saturated rings. The summed E-state index contributed by atoms with van der Waals surface area (Å²) in [6.45, 7) is 10.7. The largest absolute Gasteiger partial charge is 0.444 e. The van der Waals surface area contributed by atoms with E-state index in [9.17, 15) is 31.9 Å². The van der Waals surface area contributed by atoms with Crippen LogP contribution in [0.15, 0.2) is 46.1 Å². The number of fused-ring (bicyclic) bond motifs is 2. The van der Waals surface area contributed by atoms with Crippen molar-refractivity contribution in [3.63, 3.8) is 0 Å². The van der Waals surface area contributed by atoms with Crippen LogP contribution >= 0.6 is 0 Å². The molecule has 1 aromatic heterocycles. The normalized spacial score (nSPS) is 16.9. The molecule has 1 heterocycles. The molecule has 0 saturated heterocycles. The van der Waals surface area contributed by atoms with Crippen molar-refractivity contribution in [3.05, 3.63) is 70.0 Å².